The molecule has 0 radical (unpaired) electrons. The van der Waals surface area contributed by atoms with E-state index >= 15 is 0 Å². The number of likely N-dealkylation sites (tertiary alicyclic amines) is 1. The SMILES string of the molecule is CC1(C)CCCN1C(=O)c1ccc(NN)c([N+](=O)[O-])c1. The second-order valence-corrected chi connectivity index (χ2v) is 5.51. The van der Waals surface area contributed by atoms with Crippen LogP contribution in [0.5, 0.6) is 0 Å². The molecular weight excluding hydrogens is 260 g/mol. The third-order valence-corrected chi connectivity index (χ3v) is 3.74. The fourth-order valence-electron chi connectivity index (χ4n) is 2.58. The first-order valence-electron chi connectivity index (χ1n) is 6.44. The highest BCUT2D eigenvalue weighted by Crippen LogP contribution is 2.31. The average Bonchev–Trinajstić information content (AvgIpc) is 2.76. The highest BCUT2D eigenvalue weighted by molar-refractivity contribution is 5.96. The molecule has 0 atom stereocenters. The van der Waals surface area contributed by atoms with Gasteiger partial charge in [-0.1, -0.05) is 0 Å². The van der Waals surface area contributed by atoms with Crippen LogP contribution in [0.2, 0.25) is 0 Å². The lowest BCUT2D eigenvalue weighted by Gasteiger charge is -2.31. The summed E-state index contributed by atoms with van der Waals surface area (Å²) in [6, 6.07) is 4.28. The van der Waals surface area contributed by atoms with Crippen LogP contribution in [0.3, 0.4) is 0 Å². The van der Waals surface area contributed by atoms with E-state index in [1.165, 1.54) is 12.1 Å². The van der Waals surface area contributed by atoms with Crippen molar-refractivity contribution < 1.29 is 9.72 Å². The van der Waals surface area contributed by atoms with Crippen LogP contribution >= 0.6 is 0 Å². The summed E-state index contributed by atoms with van der Waals surface area (Å²) in [4.78, 5) is 24.7. The first-order chi connectivity index (χ1) is 9.36. The van der Waals surface area contributed by atoms with E-state index in [0.29, 0.717) is 12.1 Å². The number of anilines is 1. The summed E-state index contributed by atoms with van der Waals surface area (Å²) in [5.74, 6) is 5.05. The minimum absolute atomic E-state index is 0.181. The summed E-state index contributed by atoms with van der Waals surface area (Å²) in [6.07, 6.45) is 1.88. The second kappa shape index (κ2) is 5.09. The number of nitrogen functional groups attached to an aromatic ring is 1. The van der Waals surface area contributed by atoms with Crippen molar-refractivity contribution >= 4 is 17.3 Å². The van der Waals surface area contributed by atoms with Crippen molar-refractivity contribution in [1.29, 1.82) is 0 Å². The molecule has 0 aromatic heterocycles. The van der Waals surface area contributed by atoms with Crippen LogP contribution in [0.4, 0.5) is 11.4 Å². The van der Waals surface area contributed by atoms with Gasteiger partial charge in [0.15, 0.2) is 0 Å². The number of hydrogen-bond donors (Lipinski definition) is 2. The summed E-state index contributed by atoms with van der Waals surface area (Å²) in [5, 5.41) is 11.0. The van der Waals surface area contributed by atoms with Crippen LogP contribution in [0.1, 0.15) is 37.0 Å². The number of nitrogens with zero attached hydrogens (tertiary/aromatic N) is 2. The fourth-order valence-corrected chi connectivity index (χ4v) is 2.58. The summed E-state index contributed by atoms with van der Waals surface area (Å²) in [5.41, 5.74) is 2.35. The van der Waals surface area contributed by atoms with E-state index in [0.717, 1.165) is 12.8 Å². The van der Waals surface area contributed by atoms with Gasteiger partial charge in [-0.3, -0.25) is 20.8 Å². The molecule has 7 heteroatoms. The van der Waals surface area contributed by atoms with Crippen LogP contribution in [-0.4, -0.2) is 27.8 Å². The van der Waals surface area contributed by atoms with Gasteiger partial charge in [-0.15, -0.1) is 0 Å². The van der Waals surface area contributed by atoms with Gasteiger partial charge in [0.2, 0.25) is 0 Å². The molecule has 1 amide bonds. The summed E-state index contributed by atoms with van der Waals surface area (Å²) in [7, 11) is 0. The first-order valence-corrected chi connectivity index (χ1v) is 6.44. The fraction of sp³-hybridized carbons (Fsp3) is 0.462. The lowest BCUT2D eigenvalue weighted by atomic mass is 10.0. The van der Waals surface area contributed by atoms with Crippen LogP contribution in [0, 0.1) is 10.1 Å². The van der Waals surface area contributed by atoms with E-state index < -0.39 is 4.92 Å². The zero-order valence-corrected chi connectivity index (χ0v) is 11.5. The molecule has 1 fully saturated rings. The van der Waals surface area contributed by atoms with Gasteiger partial charge >= 0.3 is 0 Å². The van der Waals surface area contributed by atoms with Crippen molar-refractivity contribution in [2.24, 2.45) is 5.84 Å². The second-order valence-electron chi connectivity index (χ2n) is 5.51. The number of nitro groups is 1. The van der Waals surface area contributed by atoms with Crippen molar-refractivity contribution in [1.82, 2.24) is 4.90 Å². The molecule has 0 unspecified atom stereocenters. The number of hydrazine groups is 1. The molecule has 0 bridgehead atoms. The molecule has 1 aliphatic heterocycles. The van der Waals surface area contributed by atoms with E-state index in [-0.39, 0.29) is 22.8 Å². The standard InChI is InChI=1S/C13H18N4O3/c1-13(2)6-3-7-16(13)12(18)9-4-5-10(15-14)11(8-9)17(19)20/h4-5,8,15H,3,6-7,14H2,1-2H3. The summed E-state index contributed by atoms with van der Waals surface area (Å²) >= 11 is 0. The number of hydrogen-bond acceptors (Lipinski definition) is 5. The Kier molecular flexibility index (Phi) is 3.63. The van der Waals surface area contributed by atoms with E-state index in [1.807, 2.05) is 13.8 Å². The Bertz CT molecular complexity index is 557. The molecular formula is C13H18N4O3. The molecule has 3 N–H and O–H groups in total. The third-order valence-electron chi connectivity index (χ3n) is 3.74. The number of carbonyl (C=O) groups is 1. The quantitative estimate of drug-likeness (QED) is 0.499. The molecule has 0 saturated carbocycles. The third kappa shape index (κ3) is 2.44. The van der Waals surface area contributed by atoms with E-state index in [1.54, 1.807) is 11.0 Å². The van der Waals surface area contributed by atoms with Crippen LogP contribution < -0.4 is 11.3 Å². The lowest BCUT2D eigenvalue weighted by Crippen LogP contribution is -2.42. The zero-order valence-electron chi connectivity index (χ0n) is 11.5. The Morgan fingerprint density at radius 1 is 1.50 bits per heavy atom. The predicted octanol–water partition coefficient (Wildman–Crippen LogP) is 1.90. The maximum atomic E-state index is 12.5. The number of nitrogens with one attached hydrogen (secondary N) is 1. The Balaban J connectivity index is 2.36. The van der Waals surface area contributed by atoms with Gasteiger partial charge in [0.25, 0.3) is 11.6 Å². The molecule has 1 aromatic rings. The van der Waals surface area contributed by atoms with Crippen molar-refractivity contribution in [3.8, 4) is 0 Å². The number of nitrogens with two attached hydrogens (primary N) is 1. The molecule has 1 aromatic carbocycles. The molecule has 0 aliphatic carbocycles. The number of nitro benzene ring substituents is 1. The van der Waals surface area contributed by atoms with E-state index in [9.17, 15) is 14.9 Å². The molecule has 108 valence electrons. The number of rotatable bonds is 3. The van der Waals surface area contributed by atoms with Crippen molar-refractivity contribution in [3.63, 3.8) is 0 Å². The molecule has 1 saturated heterocycles. The van der Waals surface area contributed by atoms with Crippen LogP contribution in [0.25, 0.3) is 0 Å². The monoisotopic (exact) mass is 278 g/mol. The van der Waals surface area contributed by atoms with Gasteiger partial charge in [-0.05, 0) is 38.8 Å². The average molecular weight is 278 g/mol. The summed E-state index contributed by atoms with van der Waals surface area (Å²) in [6.45, 7) is 4.68. The maximum absolute atomic E-state index is 12.5. The maximum Gasteiger partial charge on any atom is 0.294 e. The predicted molar refractivity (Wildman–Crippen MR) is 75.3 cm³/mol. The number of carbonyl (C=O) groups excluding carboxylic acids is 1. The largest absolute Gasteiger partial charge is 0.334 e. The van der Waals surface area contributed by atoms with Gasteiger partial charge in [-0.25, -0.2) is 0 Å². The number of benzene rings is 1. The van der Waals surface area contributed by atoms with Crippen LogP contribution in [0.15, 0.2) is 18.2 Å². The Morgan fingerprint density at radius 2 is 2.20 bits per heavy atom. The lowest BCUT2D eigenvalue weighted by molar-refractivity contribution is -0.384. The Labute approximate surface area is 116 Å². The normalized spacial score (nSPS) is 17.1. The topological polar surface area (TPSA) is 102 Å². The minimum atomic E-state index is -0.554. The summed E-state index contributed by atoms with van der Waals surface area (Å²) < 4.78 is 0. The minimum Gasteiger partial charge on any atom is -0.334 e. The molecule has 2 rings (SSSR count). The van der Waals surface area contributed by atoms with Crippen molar-refractivity contribution in [3.05, 3.63) is 33.9 Å². The Morgan fingerprint density at radius 3 is 2.70 bits per heavy atom. The molecule has 20 heavy (non-hydrogen) atoms. The van der Waals surface area contributed by atoms with Gasteiger partial charge in [0.1, 0.15) is 5.69 Å². The highest BCUT2D eigenvalue weighted by Gasteiger charge is 2.36. The molecule has 1 aliphatic rings. The molecule has 0 spiro atoms. The van der Waals surface area contributed by atoms with Gasteiger partial charge in [0.05, 0.1) is 4.92 Å². The molecule has 1 heterocycles. The van der Waals surface area contributed by atoms with Gasteiger partial charge in [-0.2, -0.15) is 0 Å². The highest BCUT2D eigenvalue weighted by atomic mass is 16.6. The van der Waals surface area contributed by atoms with Crippen molar-refractivity contribution in [2.75, 3.05) is 12.0 Å². The van der Waals surface area contributed by atoms with Crippen molar-refractivity contribution in [2.45, 2.75) is 32.2 Å². The van der Waals surface area contributed by atoms with Gasteiger partial charge in [0, 0.05) is 23.7 Å². The smallest absolute Gasteiger partial charge is 0.294 e. The number of amides is 1. The van der Waals surface area contributed by atoms with E-state index in [4.69, 9.17) is 5.84 Å². The van der Waals surface area contributed by atoms with E-state index in [2.05, 4.69) is 5.43 Å². The zero-order chi connectivity index (χ0) is 14.9. The first kappa shape index (κ1) is 14.3. The van der Waals surface area contributed by atoms with Gasteiger partial charge < -0.3 is 10.3 Å². The van der Waals surface area contributed by atoms with Crippen LogP contribution in [-0.2, 0) is 0 Å². The molecule has 7 nitrogen and oxygen atoms in total. The Hall–Kier alpha value is -2.15.